The Morgan fingerprint density at radius 1 is 0.964 bits per heavy atom. The lowest BCUT2D eigenvalue weighted by atomic mass is 10.1. The van der Waals surface area contributed by atoms with Crippen LogP contribution in [-0.2, 0) is 6.54 Å². The van der Waals surface area contributed by atoms with Crippen molar-refractivity contribution in [1.82, 2.24) is 10.3 Å². The highest BCUT2D eigenvalue weighted by atomic mass is 16.5. The minimum Gasteiger partial charge on any atom is -0.495 e. The summed E-state index contributed by atoms with van der Waals surface area (Å²) in [5, 5.41) is 5.61. The molecule has 0 bridgehead atoms. The maximum absolute atomic E-state index is 12.5. The predicted molar refractivity (Wildman–Crippen MR) is 108 cm³/mol. The van der Waals surface area contributed by atoms with Crippen molar-refractivity contribution in [2.24, 2.45) is 0 Å². The summed E-state index contributed by atoms with van der Waals surface area (Å²) in [6.07, 6.45) is 2.85. The number of anilines is 1. The summed E-state index contributed by atoms with van der Waals surface area (Å²) in [5.74, 6) is -0.110. The van der Waals surface area contributed by atoms with Gasteiger partial charge >= 0.3 is 0 Å². The molecule has 142 valence electrons. The van der Waals surface area contributed by atoms with Gasteiger partial charge in [-0.15, -0.1) is 0 Å². The lowest BCUT2D eigenvalue weighted by molar-refractivity contribution is 0.0950. The molecule has 3 rings (SSSR count). The highest BCUT2D eigenvalue weighted by Crippen LogP contribution is 2.23. The molecule has 0 saturated carbocycles. The Morgan fingerprint density at radius 2 is 1.64 bits per heavy atom. The fourth-order valence-electron chi connectivity index (χ4n) is 2.62. The monoisotopic (exact) mass is 375 g/mol. The number of carbonyl (C=O) groups excluding carboxylic acids is 2. The molecule has 0 atom stereocenters. The number of carbonyl (C=O) groups is 2. The maximum atomic E-state index is 12.5. The summed E-state index contributed by atoms with van der Waals surface area (Å²) in [6.45, 7) is 2.41. The van der Waals surface area contributed by atoms with Crippen LogP contribution in [0.5, 0.6) is 5.75 Å². The first kappa shape index (κ1) is 19.1. The van der Waals surface area contributed by atoms with Crippen LogP contribution in [0.25, 0.3) is 0 Å². The number of nitrogens with zero attached hydrogens (tertiary/aromatic N) is 1. The minimum atomic E-state index is -0.370. The van der Waals surface area contributed by atoms with Gasteiger partial charge in [0.15, 0.2) is 0 Å². The van der Waals surface area contributed by atoms with Crippen molar-refractivity contribution in [3.8, 4) is 5.75 Å². The highest BCUT2D eigenvalue weighted by Gasteiger charge is 2.13. The molecule has 2 N–H and O–H groups in total. The smallest absolute Gasteiger partial charge is 0.257 e. The van der Waals surface area contributed by atoms with Crippen LogP contribution in [-0.4, -0.2) is 23.9 Å². The van der Waals surface area contributed by atoms with E-state index in [4.69, 9.17) is 4.74 Å². The van der Waals surface area contributed by atoms with Gasteiger partial charge in [-0.2, -0.15) is 0 Å². The van der Waals surface area contributed by atoms with E-state index >= 15 is 0 Å². The molecule has 6 nitrogen and oxygen atoms in total. The number of hydrogen-bond acceptors (Lipinski definition) is 4. The van der Waals surface area contributed by atoms with E-state index in [1.807, 2.05) is 37.3 Å². The van der Waals surface area contributed by atoms with Gasteiger partial charge in [0.1, 0.15) is 5.75 Å². The summed E-state index contributed by atoms with van der Waals surface area (Å²) in [7, 11) is 1.53. The largest absolute Gasteiger partial charge is 0.495 e. The zero-order valence-electron chi connectivity index (χ0n) is 15.7. The Hall–Kier alpha value is -3.67. The molecule has 0 unspecified atom stereocenters. The molecule has 3 aromatic rings. The van der Waals surface area contributed by atoms with Crippen molar-refractivity contribution in [2.75, 3.05) is 12.4 Å². The third-order valence-electron chi connectivity index (χ3n) is 4.19. The molecule has 6 heteroatoms. The van der Waals surface area contributed by atoms with Crippen LogP contribution in [0.2, 0.25) is 0 Å². The van der Waals surface area contributed by atoms with Crippen LogP contribution in [0.1, 0.15) is 31.8 Å². The predicted octanol–water partition coefficient (Wildman–Crippen LogP) is 3.58. The Kier molecular flexibility index (Phi) is 6.01. The Bertz CT molecular complexity index is 984. The number of benzene rings is 2. The standard InChI is InChI=1S/C22H21N3O3/c1-15-7-9-16(10-8-15)12-24-21(26)17-11-18(14-23-13-17)22(27)25-19-5-3-4-6-20(19)28-2/h3-11,13-14H,12H2,1-2H3,(H,24,26)(H,25,27). The van der Waals surface area contributed by atoms with Crippen LogP contribution in [0.15, 0.2) is 67.0 Å². The van der Waals surface area contributed by atoms with E-state index in [2.05, 4.69) is 15.6 Å². The summed E-state index contributed by atoms with van der Waals surface area (Å²) < 4.78 is 5.23. The molecule has 0 saturated heterocycles. The molecule has 2 amide bonds. The zero-order valence-corrected chi connectivity index (χ0v) is 15.7. The van der Waals surface area contributed by atoms with E-state index < -0.39 is 0 Å². The molecular formula is C22H21N3O3. The molecule has 1 heterocycles. The van der Waals surface area contributed by atoms with E-state index in [-0.39, 0.29) is 17.4 Å². The zero-order chi connectivity index (χ0) is 19.9. The average molecular weight is 375 g/mol. The number of para-hydroxylation sites is 2. The normalized spacial score (nSPS) is 10.2. The van der Waals surface area contributed by atoms with Crippen molar-refractivity contribution in [3.05, 3.63) is 89.2 Å². The second-order valence-corrected chi connectivity index (χ2v) is 6.28. The number of nitrogens with one attached hydrogen (secondary N) is 2. The molecule has 0 fully saturated rings. The number of rotatable bonds is 6. The quantitative estimate of drug-likeness (QED) is 0.690. The summed E-state index contributed by atoms with van der Waals surface area (Å²) >= 11 is 0. The third kappa shape index (κ3) is 4.73. The molecule has 1 aromatic heterocycles. The Labute approximate surface area is 163 Å². The van der Waals surface area contributed by atoms with E-state index in [1.165, 1.54) is 25.6 Å². The Balaban J connectivity index is 1.68. The van der Waals surface area contributed by atoms with Gasteiger partial charge in [-0.05, 0) is 30.7 Å². The molecule has 0 aliphatic rings. The van der Waals surface area contributed by atoms with Crippen molar-refractivity contribution in [2.45, 2.75) is 13.5 Å². The van der Waals surface area contributed by atoms with Gasteiger partial charge in [-0.3, -0.25) is 14.6 Å². The highest BCUT2D eigenvalue weighted by molar-refractivity contribution is 6.06. The van der Waals surface area contributed by atoms with Gasteiger partial charge in [0.2, 0.25) is 0 Å². The number of ether oxygens (including phenoxy) is 1. The van der Waals surface area contributed by atoms with Crippen molar-refractivity contribution >= 4 is 17.5 Å². The molecular weight excluding hydrogens is 354 g/mol. The maximum Gasteiger partial charge on any atom is 0.257 e. The first-order chi connectivity index (χ1) is 13.6. The van der Waals surface area contributed by atoms with Crippen molar-refractivity contribution < 1.29 is 14.3 Å². The number of aryl methyl sites for hydroxylation is 1. The van der Waals surface area contributed by atoms with E-state index in [1.54, 1.807) is 18.2 Å². The van der Waals surface area contributed by atoms with Gasteiger partial charge in [0.05, 0.1) is 23.9 Å². The van der Waals surface area contributed by atoms with Gasteiger partial charge in [0.25, 0.3) is 11.8 Å². The van der Waals surface area contributed by atoms with Gasteiger partial charge in [-0.25, -0.2) is 0 Å². The molecule has 0 aliphatic carbocycles. The van der Waals surface area contributed by atoms with Crippen molar-refractivity contribution in [1.29, 1.82) is 0 Å². The Morgan fingerprint density at radius 3 is 2.36 bits per heavy atom. The summed E-state index contributed by atoms with van der Waals surface area (Å²) in [6, 6.07) is 16.5. The van der Waals surface area contributed by atoms with E-state index in [0.29, 0.717) is 23.5 Å². The van der Waals surface area contributed by atoms with E-state index in [9.17, 15) is 9.59 Å². The molecule has 2 aromatic carbocycles. The fraction of sp³-hybridized carbons (Fsp3) is 0.136. The number of methoxy groups -OCH3 is 1. The molecule has 0 aliphatic heterocycles. The molecule has 0 spiro atoms. The third-order valence-corrected chi connectivity index (χ3v) is 4.19. The number of hydrogen-bond donors (Lipinski definition) is 2. The number of pyridine rings is 1. The fourth-order valence-corrected chi connectivity index (χ4v) is 2.62. The lowest BCUT2D eigenvalue weighted by Gasteiger charge is -2.10. The number of aromatic nitrogens is 1. The van der Waals surface area contributed by atoms with Crippen LogP contribution >= 0.6 is 0 Å². The van der Waals surface area contributed by atoms with Crippen LogP contribution in [0, 0.1) is 6.92 Å². The number of amides is 2. The average Bonchev–Trinajstić information content (AvgIpc) is 2.73. The topological polar surface area (TPSA) is 80.3 Å². The van der Waals surface area contributed by atoms with Crippen molar-refractivity contribution in [3.63, 3.8) is 0 Å². The lowest BCUT2D eigenvalue weighted by Crippen LogP contribution is -2.23. The second kappa shape index (κ2) is 8.81. The van der Waals surface area contributed by atoms with E-state index in [0.717, 1.165) is 11.1 Å². The van der Waals surface area contributed by atoms with Gasteiger partial charge in [0, 0.05) is 18.9 Å². The van der Waals surface area contributed by atoms with Gasteiger partial charge < -0.3 is 15.4 Å². The SMILES string of the molecule is COc1ccccc1NC(=O)c1cncc(C(=O)NCc2ccc(C)cc2)c1. The molecule has 28 heavy (non-hydrogen) atoms. The van der Waals surface area contributed by atoms with Crippen LogP contribution in [0.3, 0.4) is 0 Å². The summed E-state index contributed by atoms with van der Waals surface area (Å²) in [5.41, 5.74) is 3.31. The van der Waals surface area contributed by atoms with Crippen LogP contribution in [0.4, 0.5) is 5.69 Å². The van der Waals surface area contributed by atoms with Crippen LogP contribution < -0.4 is 15.4 Å². The first-order valence-electron chi connectivity index (χ1n) is 8.80. The first-order valence-corrected chi connectivity index (χ1v) is 8.80. The summed E-state index contributed by atoms with van der Waals surface area (Å²) in [4.78, 5) is 29.0. The molecule has 0 radical (unpaired) electrons. The second-order valence-electron chi connectivity index (χ2n) is 6.28. The van der Waals surface area contributed by atoms with Gasteiger partial charge in [-0.1, -0.05) is 42.0 Å². The minimum absolute atomic E-state index is 0.286.